The molecule has 1 rings (SSSR count). The summed E-state index contributed by atoms with van der Waals surface area (Å²) in [7, 11) is 0. The molecule has 0 aromatic carbocycles. The molecule has 1 aliphatic carbocycles. The fraction of sp³-hybridized carbons (Fsp3) is 1.00. The molecule has 1 unspecified atom stereocenters. The molecule has 1 aliphatic rings. The number of hydrogen-bond acceptors (Lipinski definition) is 2. The van der Waals surface area contributed by atoms with Gasteiger partial charge in [0.05, 0.1) is 0 Å². The molecule has 0 heterocycles. The van der Waals surface area contributed by atoms with E-state index in [0.29, 0.717) is 0 Å². The van der Waals surface area contributed by atoms with Gasteiger partial charge in [-0.1, -0.05) is 20.8 Å². The summed E-state index contributed by atoms with van der Waals surface area (Å²) >= 11 is 0. The van der Waals surface area contributed by atoms with Crippen molar-refractivity contribution in [1.82, 2.24) is 10.2 Å². The topological polar surface area (TPSA) is 15.3 Å². The van der Waals surface area contributed by atoms with Crippen molar-refractivity contribution in [3.63, 3.8) is 0 Å². The maximum atomic E-state index is 3.42. The van der Waals surface area contributed by atoms with E-state index in [9.17, 15) is 0 Å². The minimum absolute atomic E-state index is 0.778. The second-order valence-electron chi connectivity index (χ2n) is 6.00. The second kappa shape index (κ2) is 8.10. The first-order chi connectivity index (χ1) is 8.15. The molecule has 0 aromatic heterocycles. The molecule has 0 spiro atoms. The average Bonchev–Trinajstić information content (AvgIpc) is 3.08. The summed E-state index contributed by atoms with van der Waals surface area (Å²) < 4.78 is 0. The first kappa shape index (κ1) is 15.0. The van der Waals surface area contributed by atoms with Crippen molar-refractivity contribution in [1.29, 1.82) is 0 Å². The van der Waals surface area contributed by atoms with Crippen molar-refractivity contribution in [3.05, 3.63) is 0 Å². The Kier molecular flexibility index (Phi) is 7.14. The summed E-state index contributed by atoms with van der Waals surface area (Å²) in [5, 5.41) is 3.42. The number of rotatable bonds is 10. The quantitative estimate of drug-likeness (QED) is 0.590. The summed E-state index contributed by atoms with van der Waals surface area (Å²) in [6.45, 7) is 12.9. The Morgan fingerprint density at radius 2 is 1.88 bits per heavy atom. The number of hydrogen-bond donors (Lipinski definition) is 1. The standard InChI is InChI=1S/C15H32N2/c1-5-16-11-6-7-14(4)17(15-8-9-15)12-10-13(2)3/h13-16H,5-12H2,1-4H3. The summed E-state index contributed by atoms with van der Waals surface area (Å²) in [5.74, 6) is 0.838. The molecule has 0 aliphatic heterocycles. The van der Waals surface area contributed by atoms with E-state index in [0.717, 1.165) is 24.5 Å². The summed E-state index contributed by atoms with van der Waals surface area (Å²) in [6, 6.07) is 1.70. The SMILES string of the molecule is CCNCCCC(C)N(CCC(C)C)C1CC1. The molecule has 17 heavy (non-hydrogen) atoms. The average molecular weight is 240 g/mol. The fourth-order valence-corrected chi connectivity index (χ4v) is 2.44. The van der Waals surface area contributed by atoms with Gasteiger partial charge >= 0.3 is 0 Å². The van der Waals surface area contributed by atoms with Crippen LogP contribution in [0.2, 0.25) is 0 Å². The third-order valence-electron chi connectivity index (χ3n) is 3.77. The maximum absolute atomic E-state index is 3.42. The number of nitrogens with zero attached hydrogens (tertiary/aromatic N) is 1. The molecule has 1 atom stereocenters. The van der Waals surface area contributed by atoms with Crippen LogP contribution in [0.3, 0.4) is 0 Å². The smallest absolute Gasteiger partial charge is 0.00992 e. The van der Waals surface area contributed by atoms with Crippen molar-refractivity contribution < 1.29 is 0 Å². The maximum Gasteiger partial charge on any atom is 0.00992 e. The molecule has 0 bridgehead atoms. The van der Waals surface area contributed by atoms with Crippen molar-refractivity contribution in [2.75, 3.05) is 19.6 Å². The monoisotopic (exact) mass is 240 g/mol. The van der Waals surface area contributed by atoms with E-state index in [1.165, 1.54) is 45.2 Å². The molecule has 1 fully saturated rings. The van der Waals surface area contributed by atoms with Gasteiger partial charge in [-0.15, -0.1) is 0 Å². The van der Waals surface area contributed by atoms with E-state index in [4.69, 9.17) is 0 Å². The third kappa shape index (κ3) is 6.42. The van der Waals surface area contributed by atoms with Crippen LogP contribution in [0.4, 0.5) is 0 Å². The largest absolute Gasteiger partial charge is 0.317 e. The summed E-state index contributed by atoms with van der Waals surface area (Å²) in [4.78, 5) is 2.77. The highest BCUT2D eigenvalue weighted by molar-refractivity contribution is 4.87. The van der Waals surface area contributed by atoms with Gasteiger partial charge in [-0.25, -0.2) is 0 Å². The van der Waals surface area contributed by atoms with Crippen molar-refractivity contribution in [2.45, 2.75) is 71.9 Å². The van der Waals surface area contributed by atoms with Crippen LogP contribution in [0.25, 0.3) is 0 Å². The lowest BCUT2D eigenvalue weighted by Gasteiger charge is -2.30. The molecular formula is C15H32N2. The van der Waals surface area contributed by atoms with Crippen LogP contribution in [0.15, 0.2) is 0 Å². The normalized spacial score (nSPS) is 18.0. The van der Waals surface area contributed by atoms with Crippen molar-refractivity contribution >= 4 is 0 Å². The first-order valence-electron chi connectivity index (χ1n) is 7.61. The van der Waals surface area contributed by atoms with Crippen LogP contribution in [0.5, 0.6) is 0 Å². The van der Waals surface area contributed by atoms with Gasteiger partial charge in [0, 0.05) is 12.1 Å². The van der Waals surface area contributed by atoms with Crippen LogP contribution in [-0.4, -0.2) is 36.6 Å². The molecule has 2 nitrogen and oxygen atoms in total. The Morgan fingerprint density at radius 1 is 1.18 bits per heavy atom. The minimum Gasteiger partial charge on any atom is -0.317 e. The van der Waals surface area contributed by atoms with Gasteiger partial charge in [0.25, 0.3) is 0 Å². The lowest BCUT2D eigenvalue weighted by atomic mass is 10.1. The molecule has 1 N–H and O–H groups in total. The van der Waals surface area contributed by atoms with E-state index < -0.39 is 0 Å². The molecule has 0 amide bonds. The Morgan fingerprint density at radius 3 is 2.41 bits per heavy atom. The lowest BCUT2D eigenvalue weighted by molar-refractivity contribution is 0.177. The van der Waals surface area contributed by atoms with E-state index >= 15 is 0 Å². The molecular weight excluding hydrogens is 208 g/mol. The van der Waals surface area contributed by atoms with E-state index in [2.05, 4.69) is 37.9 Å². The van der Waals surface area contributed by atoms with Crippen LogP contribution < -0.4 is 5.32 Å². The molecule has 1 saturated carbocycles. The lowest BCUT2D eigenvalue weighted by Crippen LogP contribution is -2.36. The summed E-state index contributed by atoms with van der Waals surface area (Å²) in [5.41, 5.74) is 0. The van der Waals surface area contributed by atoms with Gasteiger partial charge in [-0.3, -0.25) is 4.90 Å². The molecule has 0 radical (unpaired) electrons. The van der Waals surface area contributed by atoms with Crippen molar-refractivity contribution in [3.8, 4) is 0 Å². The van der Waals surface area contributed by atoms with Gasteiger partial charge in [-0.2, -0.15) is 0 Å². The highest BCUT2D eigenvalue weighted by atomic mass is 15.2. The predicted octanol–water partition coefficient (Wildman–Crippen LogP) is 3.28. The van der Waals surface area contributed by atoms with Crippen LogP contribution in [-0.2, 0) is 0 Å². The second-order valence-corrected chi connectivity index (χ2v) is 6.00. The van der Waals surface area contributed by atoms with Gasteiger partial charge in [0.15, 0.2) is 0 Å². The zero-order valence-electron chi connectivity index (χ0n) is 12.3. The Labute approximate surface area is 108 Å². The van der Waals surface area contributed by atoms with Gasteiger partial charge < -0.3 is 5.32 Å². The van der Waals surface area contributed by atoms with Gasteiger partial charge in [-0.05, 0) is 64.6 Å². The van der Waals surface area contributed by atoms with Crippen LogP contribution >= 0.6 is 0 Å². The molecule has 102 valence electrons. The third-order valence-corrected chi connectivity index (χ3v) is 3.77. The van der Waals surface area contributed by atoms with Crippen LogP contribution in [0.1, 0.15) is 59.8 Å². The van der Waals surface area contributed by atoms with E-state index in [-0.39, 0.29) is 0 Å². The number of nitrogens with one attached hydrogen (secondary N) is 1. The zero-order chi connectivity index (χ0) is 12.7. The fourth-order valence-electron chi connectivity index (χ4n) is 2.44. The van der Waals surface area contributed by atoms with Crippen molar-refractivity contribution in [2.24, 2.45) is 5.92 Å². The van der Waals surface area contributed by atoms with E-state index in [1.807, 2.05) is 0 Å². The van der Waals surface area contributed by atoms with Crippen LogP contribution in [0, 0.1) is 5.92 Å². The summed E-state index contributed by atoms with van der Waals surface area (Å²) in [6.07, 6.45) is 6.90. The highest BCUT2D eigenvalue weighted by Crippen LogP contribution is 2.30. The zero-order valence-corrected chi connectivity index (χ0v) is 12.3. The highest BCUT2D eigenvalue weighted by Gasteiger charge is 2.31. The van der Waals surface area contributed by atoms with Gasteiger partial charge in [0.1, 0.15) is 0 Å². The Bertz CT molecular complexity index is 187. The molecule has 0 aromatic rings. The Hall–Kier alpha value is -0.0800. The molecule has 2 heteroatoms. The minimum atomic E-state index is 0.778. The first-order valence-corrected chi connectivity index (χ1v) is 7.61. The van der Waals surface area contributed by atoms with Gasteiger partial charge in [0.2, 0.25) is 0 Å². The molecule has 0 saturated heterocycles. The Balaban J connectivity index is 2.20. The van der Waals surface area contributed by atoms with E-state index in [1.54, 1.807) is 0 Å². The predicted molar refractivity (Wildman–Crippen MR) is 76.4 cm³/mol.